The van der Waals surface area contributed by atoms with Crippen molar-refractivity contribution in [1.29, 1.82) is 0 Å². The highest BCUT2D eigenvalue weighted by Crippen LogP contribution is 2.24. The fourth-order valence-electron chi connectivity index (χ4n) is 1.86. The number of nitrogens with one attached hydrogen (secondary N) is 1. The lowest BCUT2D eigenvalue weighted by molar-refractivity contribution is 0.186. The van der Waals surface area contributed by atoms with Crippen LogP contribution in [0, 0.1) is 12.7 Å². The number of aliphatic hydroxyl groups is 1. The molecular weight excluding hydrogens is 309 g/mol. The zero-order valence-electron chi connectivity index (χ0n) is 10.5. The summed E-state index contributed by atoms with van der Waals surface area (Å²) in [5.41, 5.74) is 2.29. The molecule has 0 aliphatic rings. The van der Waals surface area contributed by atoms with Crippen LogP contribution in [0.15, 0.2) is 46.9 Å². The van der Waals surface area contributed by atoms with E-state index in [2.05, 4.69) is 21.2 Å². The van der Waals surface area contributed by atoms with Crippen molar-refractivity contribution < 1.29 is 9.50 Å². The van der Waals surface area contributed by atoms with E-state index in [1.807, 2.05) is 25.1 Å². The molecule has 0 radical (unpaired) electrons. The summed E-state index contributed by atoms with van der Waals surface area (Å²) >= 11 is 3.45. The maximum atomic E-state index is 13.5. The molecule has 0 aliphatic carbocycles. The van der Waals surface area contributed by atoms with Gasteiger partial charge in [0.05, 0.1) is 6.10 Å². The minimum absolute atomic E-state index is 0.262. The second-order valence-electron chi connectivity index (χ2n) is 4.33. The maximum Gasteiger partial charge on any atom is 0.129 e. The van der Waals surface area contributed by atoms with Gasteiger partial charge in [-0.1, -0.05) is 40.2 Å². The molecule has 4 heteroatoms. The van der Waals surface area contributed by atoms with Crippen LogP contribution < -0.4 is 5.32 Å². The first-order chi connectivity index (χ1) is 9.09. The Morgan fingerprint density at radius 2 is 1.95 bits per heavy atom. The van der Waals surface area contributed by atoms with Gasteiger partial charge in [-0.3, -0.25) is 0 Å². The summed E-state index contributed by atoms with van der Waals surface area (Å²) in [6, 6.07) is 12.1. The lowest BCUT2D eigenvalue weighted by atomic mass is 10.1. The molecule has 2 N–H and O–H groups in total. The highest BCUT2D eigenvalue weighted by Gasteiger charge is 2.12. The van der Waals surface area contributed by atoms with Crippen LogP contribution in [0.2, 0.25) is 0 Å². The third kappa shape index (κ3) is 3.33. The number of benzene rings is 2. The molecule has 0 spiro atoms. The van der Waals surface area contributed by atoms with Crippen LogP contribution in [-0.2, 0) is 0 Å². The number of aliphatic hydroxyl groups excluding tert-OH is 1. The first kappa shape index (κ1) is 14.0. The second kappa shape index (κ2) is 6.17. The van der Waals surface area contributed by atoms with Gasteiger partial charge in [-0.2, -0.15) is 0 Å². The molecule has 0 bridgehead atoms. The zero-order valence-corrected chi connectivity index (χ0v) is 12.1. The smallest absolute Gasteiger partial charge is 0.129 e. The number of hydrogen-bond acceptors (Lipinski definition) is 2. The standard InChI is InChI=1S/C15H15BrFNO/c1-10-12(16)6-4-8-14(10)18-9-15(19)11-5-2-3-7-13(11)17/h2-8,15,18-19H,9H2,1H3. The van der Waals surface area contributed by atoms with E-state index in [9.17, 15) is 9.50 Å². The number of anilines is 1. The van der Waals surface area contributed by atoms with Gasteiger partial charge in [0, 0.05) is 22.3 Å². The topological polar surface area (TPSA) is 32.3 Å². The van der Waals surface area contributed by atoms with E-state index in [1.54, 1.807) is 18.2 Å². The minimum atomic E-state index is -0.875. The third-order valence-corrected chi connectivity index (χ3v) is 3.88. The summed E-state index contributed by atoms with van der Waals surface area (Å²) < 4.78 is 14.5. The quantitative estimate of drug-likeness (QED) is 0.889. The van der Waals surface area contributed by atoms with Crippen molar-refractivity contribution in [3.05, 3.63) is 63.9 Å². The van der Waals surface area contributed by atoms with Crippen molar-refractivity contribution in [2.75, 3.05) is 11.9 Å². The highest BCUT2D eigenvalue weighted by molar-refractivity contribution is 9.10. The molecule has 0 amide bonds. The van der Waals surface area contributed by atoms with Gasteiger partial charge in [-0.15, -0.1) is 0 Å². The number of rotatable bonds is 4. The third-order valence-electron chi connectivity index (χ3n) is 3.02. The molecule has 19 heavy (non-hydrogen) atoms. The highest BCUT2D eigenvalue weighted by atomic mass is 79.9. The molecule has 1 unspecified atom stereocenters. The summed E-state index contributed by atoms with van der Waals surface area (Å²) in [6.45, 7) is 2.24. The first-order valence-electron chi connectivity index (χ1n) is 6.01. The van der Waals surface area contributed by atoms with Gasteiger partial charge in [0.15, 0.2) is 0 Å². The molecule has 2 aromatic carbocycles. The average Bonchev–Trinajstić information content (AvgIpc) is 2.40. The van der Waals surface area contributed by atoms with Crippen LogP contribution in [0.5, 0.6) is 0 Å². The second-order valence-corrected chi connectivity index (χ2v) is 5.18. The van der Waals surface area contributed by atoms with Gasteiger partial charge < -0.3 is 10.4 Å². The molecule has 2 nitrogen and oxygen atoms in total. The Labute approximate surface area is 120 Å². The molecule has 0 saturated carbocycles. The Balaban J connectivity index is 2.07. The van der Waals surface area contributed by atoms with Crippen LogP contribution in [0.1, 0.15) is 17.2 Å². The predicted molar refractivity (Wildman–Crippen MR) is 78.7 cm³/mol. The molecule has 0 aromatic heterocycles. The minimum Gasteiger partial charge on any atom is -0.386 e. The SMILES string of the molecule is Cc1c(Br)cccc1NCC(O)c1ccccc1F. The van der Waals surface area contributed by atoms with Crippen molar-refractivity contribution in [2.45, 2.75) is 13.0 Å². The molecule has 1 atom stereocenters. The van der Waals surface area contributed by atoms with E-state index >= 15 is 0 Å². The molecule has 0 aliphatic heterocycles. The molecule has 2 rings (SSSR count). The van der Waals surface area contributed by atoms with Crippen molar-refractivity contribution in [3.63, 3.8) is 0 Å². The number of halogens is 2. The van der Waals surface area contributed by atoms with Crippen LogP contribution >= 0.6 is 15.9 Å². The van der Waals surface area contributed by atoms with Crippen LogP contribution in [0.3, 0.4) is 0 Å². The summed E-state index contributed by atoms with van der Waals surface area (Å²) in [6.07, 6.45) is -0.875. The molecule has 2 aromatic rings. The summed E-state index contributed by atoms with van der Waals surface area (Å²) in [7, 11) is 0. The van der Waals surface area contributed by atoms with Gasteiger partial charge in [0.2, 0.25) is 0 Å². The summed E-state index contributed by atoms with van der Waals surface area (Å²) in [5.74, 6) is -0.386. The van der Waals surface area contributed by atoms with Gasteiger partial charge in [0.1, 0.15) is 5.82 Å². The average molecular weight is 324 g/mol. The van der Waals surface area contributed by atoms with Gasteiger partial charge in [0.25, 0.3) is 0 Å². The molecule has 0 fully saturated rings. The Morgan fingerprint density at radius 3 is 2.68 bits per heavy atom. The van der Waals surface area contributed by atoms with Gasteiger partial charge in [-0.05, 0) is 30.7 Å². The van der Waals surface area contributed by atoms with E-state index in [4.69, 9.17) is 0 Å². The Morgan fingerprint density at radius 1 is 1.21 bits per heavy atom. The summed E-state index contributed by atoms with van der Waals surface area (Å²) in [4.78, 5) is 0. The number of hydrogen-bond donors (Lipinski definition) is 2. The van der Waals surface area contributed by atoms with Crippen molar-refractivity contribution in [2.24, 2.45) is 0 Å². The van der Waals surface area contributed by atoms with E-state index in [-0.39, 0.29) is 12.4 Å². The van der Waals surface area contributed by atoms with Crippen LogP contribution in [0.25, 0.3) is 0 Å². The van der Waals surface area contributed by atoms with Gasteiger partial charge >= 0.3 is 0 Å². The van der Waals surface area contributed by atoms with Gasteiger partial charge in [-0.25, -0.2) is 4.39 Å². The Hall–Kier alpha value is -1.39. The van der Waals surface area contributed by atoms with Crippen molar-refractivity contribution in [1.82, 2.24) is 0 Å². The van der Waals surface area contributed by atoms with Crippen molar-refractivity contribution >= 4 is 21.6 Å². The lowest BCUT2D eigenvalue weighted by Crippen LogP contribution is -2.14. The van der Waals surface area contributed by atoms with Crippen LogP contribution in [0.4, 0.5) is 10.1 Å². The molecule has 100 valence electrons. The fraction of sp³-hybridized carbons (Fsp3) is 0.200. The molecular formula is C15H15BrFNO. The largest absolute Gasteiger partial charge is 0.386 e. The van der Waals surface area contributed by atoms with E-state index in [1.165, 1.54) is 6.07 Å². The van der Waals surface area contributed by atoms with E-state index < -0.39 is 6.10 Å². The molecule has 0 heterocycles. The summed E-state index contributed by atoms with van der Waals surface area (Å²) in [5, 5.41) is 13.1. The predicted octanol–water partition coefficient (Wildman–Crippen LogP) is 4.04. The Kier molecular flexibility index (Phi) is 4.56. The lowest BCUT2D eigenvalue weighted by Gasteiger charge is -2.15. The monoisotopic (exact) mass is 323 g/mol. The van der Waals surface area contributed by atoms with Crippen molar-refractivity contribution in [3.8, 4) is 0 Å². The fourth-order valence-corrected chi connectivity index (χ4v) is 2.23. The zero-order chi connectivity index (χ0) is 13.8. The molecule has 0 saturated heterocycles. The van der Waals surface area contributed by atoms with Crippen LogP contribution in [-0.4, -0.2) is 11.7 Å². The van der Waals surface area contributed by atoms with E-state index in [0.717, 1.165) is 15.7 Å². The Bertz CT molecular complexity index is 574. The maximum absolute atomic E-state index is 13.5. The normalized spacial score (nSPS) is 12.2. The van der Waals surface area contributed by atoms with E-state index in [0.29, 0.717) is 5.56 Å². The first-order valence-corrected chi connectivity index (χ1v) is 6.80.